The number of carbonyl (C=O) groups excluding carboxylic acids is 3. The van der Waals surface area contributed by atoms with E-state index in [2.05, 4.69) is 15.8 Å². The number of nitrogens with zero attached hydrogens (tertiary/aromatic N) is 1. The Kier molecular flexibility index (Phi) is 9.85. The molecule has 0 spiro atoms. The van der Waals surface area contributed by atoms with Crippen molar-refractivity contribution in [3.63, 3.8) is 0 Å². The van der Waals surface area contributed by atoms with E-state index in [0.717, 1.165) is 5.56 Å². The highest BCUT2D eigenvalue weighted by atomic mass is 35.5. The Bertz CT molecular complexity index is 1240. The average Bonchev–Trinajstić information content (AvgIpc) is 3.36. The normalized spacial score (nSPS) is 11.8. The van der Waals surface area contributed by atoms with E-state index in [1.807, 2.05) is 13.8 Å². The number of hydrazone groups is 1. The number of carbonyl (C=O) groups is 3. The number of nitrogens with one attached hydrogen (secondary N) is 2. The van der Waals surface area contributed by atoms with Gasteiger partial charge in [-0.1, -0.05) is 37.6 Å². The highest BCUT2D eigenvalue weighted by molar-refractivity contribution is 6.30. The van der Waals surface area contributed by atoms with Crippen molar-refractivity contribution in [1.29, 1.82) is 0 Å². The molecule has 0 aliphatic heterocycles. The van der Waals surface area contributed by atoms with Crippen LogP contribution in [0.25, 0.3) is 11.3 Å². The van der Waals surface area contributed by atoms with Crippen LogP contribution in [0.5, 0.6) is 5.75 Å². The van der Waals surface area contributed by atoms with Crippen LogP contribution in [0.2, 0.25) is 5.02 Å². The number of ether oxygens (including phenoxy) is 2. The quantitative estimate of drug-likeness (QED) is 0.217. The molecule has 0 unspecified atom stereocenters. The Hall–Kier alpha value is -4.11. The van der Waals surface area contributed by atoms with Crippen LogP contribution in [0.3, 0.4) is 0 Å². The minimum atomic E-state index is -0.793. The Balaban J connectivity index is 1.55. The minimum Gasteiger partial charge on any atom is -0.484 e. The number of furan rings is 1. The third-order valence-corrected chi connectivity index (χ3v) is 5.38. The number of hydrogen-bond acceptors (Lipinski definition) is 7. The molecule has 0 radical (unpaired) electrons. The smallest absolute Gasteiger partial charge is 0.337 e. The van der Waals surface area contributed by atoms with E-state index in [9.17, 15) is 14.4 Å². The molecule has 0 aliphatic rings. The third kappa shape index (κ3) is 8.50. The van der Waals surface area contributed by atoms with Crippen LogP contribution in [0, 0.1) is 5.92 Å². The first-order chi connectivity index (χ1) is 17.7. The maximum Gasteiger partial charge on any atom is 0.337 e. The predicted molar refractivity (Wildman–Crippen MR) is 140 cm³/mol. The van der Waals surface area contributed by atoms with Crippen LogP contribution >= 0.6 is 11.6 Å². The van der Waals surface area contributed by atoms with Crippen LogP contribution < -0.4 is 15.5 Å². The van der Waals surface area contributed by atoms with Gasteiger partial charge in [0.05, 0.1) is 18.9 Å². The largest absolute Gasteiger partial charge is 0.484 e. The standard InChI is InChI=1S/C27H28ClN3O6/c1-17(2)14-23(30-25(32)16-36-21-10-8-20(28)9-11-21)26(33)31-29-15-22-12-13-24(37-22)18-4-6-19(7-5-18)27(34)35-3/h4-13,15,17,23H,14,16H2,1-3H3,(H,30,32)(H,31,33)/b29-15-/t23-/m0/s1. The van der Waals surface area contributed by atoms with E-state index in [-0.39, 0.29) is 12.5 Å². The fourth-order valence-electron chi connectivity index (χ4n) is 3.32. The van der Waals surface area contributed by atoms with Gasteiger partial charge in [0.25, 0.3) is 11.8 Å². The van der Waals surface area contributed by atoms with E-state index in [1.54, 1.807) is 60.7 Å². The number of benzene rings is 2. The molecule has 1 aromatic heterocycles. The van der Waals surface area contributed by atoms with E-state index < -0.39 is 23.8 Å². The van der Waals surface area contributed by atoms with Gasteiger partial charge in [-0.2, -0.15) is 5.10 Å². The summed E-state index contributed by atoms with van der Waals surface area (Å²) >= 11 is 5.85. The maximum absolute atomic E-state index is 12.7. The second-order valence-electron chi connectivity index (χ2n) is 8.50. The van der Waals surface area contributed by atoms with Crippen molar-refractivity contribution < 1.29 is 28.3 Å². The molecule has 2 N–H and O–H groups in total. The van der Waals surface area contributed by atoms with Gasteiger partial charge in [-0.3, -0.25) is 9.59 Å². The highest BCUT2D eigenvalue weighted by Crippen LogP contribution is 2.22. The second kappa shape index (κ2) is 13.3. The monoisotopic (exact) mass is 525 g/mol. The summed E-state index contributed by atoms with van der Waals surface area (Å²) in [6.07, 6.45) is 1.78. The molecule has 9 nitrogen and oxygen atoms in total. The van der Waals surface area contributed by atoms with Crippen molar-refractivity contribution >= 4 is 35.6 Å². The topological polar surface area (TPSA) is 119 Å². The summed E-state index contributed by atoms with van der Waals surface area (Å²) in [5.74, 6) is 0.295. The fourth-order valence-corrected chi connectivity index (χ4v) is 3.45. The van der Waals surface area contributed by atoms with Gasteiger partial charge in [-0.05, 0) is 60.9 Å². The molecule has 1 heterocycles. The van der Waals surface area contributed by atoms with E-state index in [1.165, 1.54) is 13.3 Å². The summed E-state index contributed by atoms with van der Waals surface area (Å²) in [5.41, 5.74) is 3.64. The van der Waals surface area contributed by atoms with Crippen molar-refractivity contribution in [2.24, 2.45) is 11.0 Å². The second-order valence-corrected chi connectivity index (χ2v) is 8.93. The maximum atomic E-state index is 12.7. The SMILES string of the molecule is COC(=O)c1ccc(-c2ccc(/C=N\NC(=O)[C@H](CC(C)C)NC(=O)COc3ccc(Cl)cc3)o2)cc1. The zero-order valence-corrected chi connectivity index (χ0v) is 21.5. The van der Waals surface area contributed by atoms with E-state index in [4.69, 9.17) is 25.5 Å². The van der Waals surface area contributed by atoms with Gasteiger partial charge >= 0.3 is 5.97 Å². The Morgan fingerprint density at radius 3 is 2.38 bits per heavy atom. The van der Waals surface area contributed by atoms with Gasteiger partial charge in [-0.25, -0.2) is 10.2 Å². The van der Waals surface area contributed by atoms with Crippen molar-refractivity contribution in [2.45, 2.75) is 26.3 Å². The molecular weight excluding hydrogens is 498 g/mol. The Morgan fingerprint density at radius 1 is 1.03 bits per heavy atom. The summed E-state index contributed by atoms with van der Waals surface area (Å²) in [4.78, 5) is 36.6. The number of hydrogen-bond donors (Lipinski definition) is 2. The van der Waals surface area contributed by atoms with Gasteiger partial charge in [0, 0.05) is 10.6 Å². The first-order valence-corrected chi connectivity index (χ1v) is 11.9. The molecule has 194 valence electrons. The number of rotatable bonds is 11. The zero-order valence-electron chi connectivity index (χ0n) is 20.7. The molecule has 10 heteroatoms. The van der Waals surface area contributed by atoms with Gasteiger partial charge in [0.2, 0.25) is 0 Å². The van der Waals surface area contributed by atoms with Gasteiger partial charge < -0.3 is 19.2 Å². The van der Waals surface area contributed by atoms with Gasteiger partial charge in [0.15, 0.2) is 6.61 Å². The van der Waals surface area contributed by atoms with Crippen LogP contribution in [0.15, 0.2) is 70.2 Å². The molecule has 3 rings (SSSR count). The van der Waals surface area contributed by atoms with Crippen molar-refractivity contribution in [2.75, 3.05) is 13.7 Å². The van der Waals surface area contributed by atoms with Gasteiger partial charge in [0.1, 0.15) is 23.3 Å². The molecule has 0 bridgehead atoms. The molecular formula is C27H28ClN3O6. The molecule has 2 amide bonds. The molecule has 0 fully saturated rings. The summed E-state index contributed by atoms with van der Waals surface area (Å²) in [5, 5.41) is 7.21. The molecule has 37 heavy (non-hydrogen) atoms. The Labute approximate surface area is 219 Å². The van der Waals surface area contributed by atoms with E-state index in [0.29, 0.717) is 34.3 Å². The number of amides is 2. The lowest BCUT2D eigenvalue weighted by atomic mass is 10.0. The van der Waals surface area contributed by atoms with Crippen LogP contribution in [0.1, 0.15) is 36.4 Å². The number of halogens is 1. The molecule has 0 saturated carbocycles. The van der Waals surface area contributed by atoms with Gasteiger partial charge in [-0.15, -0.1) is 0 Å². The predicted octanol–water partition coefficient (Wildman–Crippen LogP) is 4.45. The van der Waals surface area contributed by atoms with Crippen molar-refractivity contribution in [3.05, 3.63) is 77.0 Å². The molecule has 2 aromatic carbocycles. The summed E-state index contributed by atoms with van der Waals surface area (Å²) < 4.78 is 15.9. The van der Waals surface area contributed by atoms with Crippen LogP contribution in [-0.4, -0.2) is 43.8 Å². The first-order valence-electron chi connectivity index (χ1n) is 11.5. The molecule has 1 atom stereocenters. The van der Waals surface area contributed by atoms with Crippen LogP contribution in [0.4, 0.5) is 0 Å². The summed E-state index contributed by atoms with van der Waals surface area (Å²) in [6, 6.07) is 16.0. The Morgan fingerprint density at radius 2 is 1.73 bits per heavy atom. The highest BCUT2D eigenvalue weighted by Gasteiger charge is 2.22. The number of esters is 1. The summed E-state index contributed by atoms with van der Waals surface area (Å²) in [7, 11) is 1.32. The molecule has 0 aliphatic carbocycles. The fraction of sp³-hybridized carbons (Fsp3) is 0.259. The molecule has 0 saturated heterocycles. The van der Waals surface area contributed by atoms with E-state index >= 15 is 0 Å². The van der Waals surface area contributed by atoms with Crippen molar-refractivity contribution in [3.8, 4) is 17.1 Å². The average molecular weight is 526 g/mol. The first kappa shape index (κ1) is 27.5. The minimum absolute atomic E-state index is 0.149. The van der Waals surface area contributed by atoms with Crippen molar-refractivity contribution in [1.82, 2.24) is 10.7 Å². The zero-order chi connectivity index (χ0) is 26.8. The lowest BCUT2D eigenvalue weighted by molar-refractivity contribution is -0.130. The number of methoxy groups -OCH3 is 1. The van der Waals surface area contributed by atoms with Crippen LogP contribution in [-0.2, 0) is 14.3 Å². The molecule has 3 aromatic rings. The lowest BCUT2D eigenvalue weighted by Gasteiger charge is -2.19. The lowest BCUT2D eigenvalue weighted by Crippen LogP contribution is -2.47. The third-order valence-electron chi connectivity index (χ3n) is 5.13. The summed E-state index contributed by atoms with van der Waals surface area (Å²) in [6.45, 7) is 3.65.